The molecule has 108 valence electrons. The fraction of sp³-hybridized carbons (Fsp3) is 0.308. The molecule has 4 rings (SSSR count). The van der Waals surface area contributed by atoms with E-state index in [4.69, 9.17) is 4.74 Å². The van der Waals surface area contributed by atoms with Gasteiger partial charge in [0.15, 0.2) is 0 Å². The predicted octanol–water partition coefficient (Wildman–Crippen LogP) is 2.59. The quantitative estimate of drug-likeness (QED) is 0.644. The second-order valence-corrected chi connectivity index (χ2v) is 7.09. The van der Waals surface area contributed by atoms with Crippen LogP contribution in [-0.2, 0) is 0 Å². The number of H-pyrrole nitrogens is 1. The Hall–Kier alpha value is -1.80. The Morgan fingerprint density at radius 3 is 3.10 bits per heavy atom. The van der Waals surface area contributed by atoms with E-state index >= 15 is 0 Å². The van der Waals surface area contributed by atoms with Gasteiger partial charge in [-0.15, -0.1) is 11.8 Å². The van der Waals surface area contributed by atoms with Crippen molar-refractivity contribution in [2.24, 2.45) is 5.92 Å². The summed E-state index contributed by atoms with van der Waals surface area (Å²) in [5.41, 5.74) is 0.873. The second-order valence-electron chi connectivity index (χ2n) is 5.05. The molecule has 0 bridgehead atoms. The van der Waals surface area contributed by atoms with Crippen molar-refractivity contribution >= 4 is 28.8 Å². The first-order valence-electron chi connectivity index (χ1n) is 6.40. The van der Waals surface area contributed by atoms with E-state index in [1.807, 2.05) is 0 Å². The van der Waals surface area contributed by atoms with Crippen LogP contribution in [0.3, 0.4) is 0 Å². The summed E-state index contributed by atoms with van der Waals surface area (Å²) >= 11 is 2.82. The largest absolute Gasteiger partial charge is 0.493 e. The van der Waals surface area contributed by atoms with Gasteiger partial charge >= 0.3 is 4.87 Å². The lowest BCUT2D eigenvalue weighted by molar-refractivity contribution is -0.385. The molecule has 0 unspecified atom stereocenters. The predicted molar refractivity (Wildman–Crippen MR) is 79.6 cm³/mol. The number of thioether (sulfide) groups is 1. The van der Waals surface area contributed by atoms with Crippen LogP contribution >= 0.6 is 23.1 Å². The summed E-state index contributed by atoms with van der Waals surface area (Å²) in [6.07, 6.45) is 0. The number of aromatic nitrogens is 1. The van der Waals surface area contributed by atoms with Crippen LogP contribution in [0, 0.1) is 16.0 Å². The van der Waals surface area contributed by atoms with Gasteiger partial charge < -0.3 is 9.72 Å². The molecule has 0 fully saturated rings. The lowest BCUT2D eigenvalue weighted by atomic mass is 9.83. The number of aromatic amines is 1. The minimum Gasteiger partial charge on any atom is -0.493 e. The number of thiazole rings is 1. The number of fused-ring (bicyclic) bond motifs is 5. The average Bonchev–Trinajstić information content (AvgIpc) is 2.86. The maximum Gasteiger partial charge on any atom is 0.305 e. The molecular formula is C13H10N2O4S2. The highest BCUT2D eigenvalue weighted by Crippen LogP contribution is 2.50. The third-order valence-corrected chi connectivity index (χ3v) is 6.13. The van der Waals surface area contributed by atoms with Crippen molar-refractivity contribution in [3.05, 3.63) is 48.4 Å². The van der Waals surface area contributed by atoms with Crippen molar-refractivity contribution in [2.45, 2.75) is 10.9 Å². The Kier molecular flexibility index (Phi) is 2.83. The topological polar surface area (TPSA) is 85.2 Å². The number of nitro benzene ring substituents is 1. The fourth-order valence-corrected chi connectivity index (χ4v) is 5.31. The van der Waals surface area contributed by atoms with E-state index in [1.54, 1.807) is 23.9 Å². The molecule has 1 aromatic carbocycles. The molecule has 0 amide bonds. The van der Waals surface area contributed by atoms with Crippen LogP contribution in [0.15, 0.2) is 28.0 Å². The van der Waals surface area contributed by atoms with Crippen molar-refractivity contribution in [1.82, 2.24) is 4.98 Å². The summed E-state index contributed by atoms with van der Waals surface area (Å²) in [4.78, 5) is 26.0. The molecule has 2 aliphatic rings. The van der Waals surface area contributed by atoms with Crippen molar-refractivity contribution in [3.63, 3.8) is 0 Å². The number of nitrogens with zero attached hydrogens (tertiary/aromatic N) is 1. The molecule has 1 aromatic heterocycles. The van der Waals surface area contributed by atoms with Crippen LogP contribution in [0.1, 0.15) is 16.4 Å². The SMILES string of the molecule is O=c1[nH]c2c(s1)[C@H]1c3cc([N+](=O)[O-])ccc3OC[C@@H]1CS2. The summed E-state index contributed by atoms with van der Waals surface area (Å²) in [6.45, 7) is 0.577. The average molecular weight is 322 g/mol. The van der Waals surface area contributed by atoms with Gasteiger partial charge in [0.25, 0.3) is 5.69 Å². The van der Waals surface area contributed by atoms with Gasteiger partial charge in [0, 0.05) is 40.2 Å². The maximum atomic E-state index is 11.6. The number of hydrogen-bond acceptors (Lipinski definition) is 6. The summed E-state index contributed by atoms with van der Waals surface area (Å²) in [5, 5.41) is 11.9. The molecule has 8 heteroatoms. The number of non-ortho nitro benzene ring substituents is 1. The lowest BCUT2D eigenvalue weighted by Gasteiger charge is -2.35. The third-order valence-electron chi connectivity index (χ3n) is 3.83. The summed E-state index contributed by atoms with van der Waals surface area (Å²) in [7, 11) is 0. The van der Waals surface area contributed by atoms with Crippen LogP contribution < -0.4 is 9.61 Å². The second kappa shape index (κ2) is 4.60. The molecule has 6 nitrogen and oxygen atoms in total. The van der Waals surface area contributed by atoms with E-state index in [9.17, 15) is 14.9 Å². The zero-order valence-corrected chi connectivity index (χ0v) is 12.3. The van der Waals surface area contributed by atoms with Crippen molar-refractivity contribution in [2.75, 3.05) is 12.4 Å². The molecule has 1 N–H and O–H groups in total. The van der Waals surface area contributed by atoms with Gasteiger partial charge in [0.2, 0.25) is 0 Å². The van der Waals surface area contributed by atoms with Crippen LogP contribution in [0.2, 0.25) is 0 Å². The van der Waals surface area contributed by atoms with Crippen LogP contribution in [0.25, 0.3) is 0 Å². The fourth-order valence-electron chi connectivity index (χ4n) is 2.90. The zero-order valence-electron chi connectivity index (χ0n) is 10.7. The van der Waals surface area contributed by atoms with Gasteiger partial charge in [0.1, 0.15) is 5.75 Å². The minimum atomic E-state index is -0.401. The van der Waals surface area contributed by atoms with Gasteiger partial charge in [0.05, 0.1) is 16.6 Å². The minimum absolute atomic E-state index is 0.00819. The highest BCUT2D eigenvalue weighted by Gasteiger charge is 2.39. The van der Waals surface area contributed by atoms with Crippen molar-refractivity contribution in [1.29, 1.82) is 0 Å². The van der Waals surface area contributed by atoms with Gasteiger partial charge in [-0.2, -0.15) is 0 Å². The number of benzene rings is 1. The molecule has 3 heterocycles. The Balaban J connectivity index is 1.91. The molecule has 0 aliphatic carbocycles. The summed E-state index contributed by atoms with van der Waals surface area (Å²) in [5.74, 6) is 1.77. The molecule has 2 aromatic rings. The molecule has 2 aliphatic heterocycles. The first-order chi connectivity index (χ1) is 10.1. The first kappa shape index (κ1) is 12.9. The van der Waals surface area contributed by atoms with Crippen LogP contribution in [0.5, 0.6) is 5.75 Å². The molecule has 0 radical (unpaired) electrons. The molecule has 0 saturated carbocycles. The first-order valence-corrected chi connectivity index (χ1v) is 8.20. The zero-order chi connectivity index (χ0) is 14.6. The Morgan fingerprint density at radius 2 is 2.29 bits per heavy atom. The molecule has 2 atom stereocenters. The third kappa shape index (κ3) is 1.97. The Bertz CT molecular complexity index is 798. The number of nitro groups is 1. The molecular weight excluding hydrogens is 312 g/mol. The van der Waals surface area contributed by atoms with Gasteiger partial charge in [-0.1, -0.05) is 11.3 Å². The monoisotopic (exact) mass is 322 g/mol. The highest BCUT2D eigenvalue weighted by molar-refractivity contribution is 7.99. The standard InChI is InChI=1S/C13H10N2O4S2/c16-13-14-12-11(21-13)10-6(5-20-12)4-19-9-2-1-7(15(17)18)3-8(9)10/h1-3,6,10H,4-5H2,(H,14,16)/t6-,10-/m1/s1. The maximum absolute atomic E-state index is 11.6. The Labute approximate surface area is 127 Å². The van der Waals surface area contributed by atoms with Gasteiger partial charge in [-0.3, -0.25) is 14.9 Å². The number of rotatable bonds is 1. The van der Waals surface area contributed by atoms with Crippen molar-refractivity contribution < 1.29 is 9.66 Å². The van der Waals surface area contributed by atoms with Gasteiger partial charge in [-0.25, -0.2) is 0 Å². The Morgan fingerprint density at radius 1 is 1.43 bits per heavy atom. The van der Waals surface area contributed by atoms with Crippen molar-refractivity contribution in [3.8, 4) is 5.75 Å². The van der Waals surface area contributed by atoms with E-state index < -0.39 is 4.92 Å². The smallest absolute Gasteiger partial charge is 0.305 e. The summed E-state index contributed by atoms with van der Waals surface area (Å²) in [6, 6.07) is 4.69. The van der Waals surface area contributed by atoms with E-state index in [-0.39, 0.29) is 22.4 Å². The molecule has 0 saturated heterocycles. The lowest BCUT2D eigenvalue weighted by Crippen LogP contribution is -2.30. The van der Waals surface area contributed by atoms with Gasteiger partial charge in [-0.05, 0) is 6.07 Å². The number of ether oxygens (including phenoxy) is 1. The molecule has 21 heavy (non-hydrogen) atoms. The van der Waals surface area contributed by atoms with E-state index in [0.29, 0.717) is 12.4 Å². The normalized spacial score (nSPS) is 22.7. The van der Waals surface area contributed by atoms with E-state index in [1.165, 1.54) is 17.4 Å². The molecule has 0 spiro atoms. The van der Waals surface area contributed by atoms with E-state index in [2.05, 4.69) is 4.98 Å². The van der Waals surface area contributed by atoms with Crippen LogP contribution in [-0.4, -0.2) is 22.3 Å². The number of nitrogens with one attached hydrogen (secondary N) is 1. The van der Waals surface area contributed by atoms with Crippen LogP contribution in [0.4, 0.5) is 5.69 Å². The highest BCUT2D eigenvalue weighted by atomic mass is 32.2. The summed E-state index contributed by atoms with van der Waals surface area (Å²) < 4.78 is 5.73. The van der Waals surface area contributed by atoms with E-state index in [0.717, 1.165) is 21.2 Å². The number of hydrogen-bond donors (Lipinski definition) is 1.